The van der Waals surface area contributed by atoms with Crippen molar-refractivity contribution in [2.45, 2.75) is 12.1 Å². The van der Waals surface area contributed by atoms with Gasteiger partial charge in [-0.3, -0.25) is 4.98 Å². The number of halogens is 1. The Labute approximate surface area is 133 Å². The van der Waals surface area contributed by atoms with Gasteiger partial charge in [-0.2, -0.15) is 0 Å². The molecule has 4 nitrogen and oxygen atoms in total. The fourth-order valence-corrected chi connectivity index (χ4v) is 2.41. The average Bonchev–Trinajstić information content (AvgIpc) is 3.12. The van der Waals surface area contributed by atoms with Crippen molar-refractivity contribution in [1.29, 1.82) is 0 Å². The van der Waals surface area contributed by atoms with Crippen LogP contribution in [0.15, 0.2) is 71.5 Å². The Morgan fingerprint density at radius 2 is 1.91 bits per heavy atom. The number of nitrogens with zero attached hydrogens (tertiary/aromatic N) is 1. The van der Waals surface area contributed by atoms with Crippen molar-refractivity contribution in [3.63, 3.8) is 0 Å². The number of furan rings is 1. The molecule has 3 aromatic rings. The summed E-state index contributed by atoms with van der Waals surface area (Å²) in [6.07, 6.45) is 1.95. The van der Waals surface area contributed by atoms with Crippen molar-refractivity contribution < 1.29 is 13.9 Å². The quantitative estimate of drug-likeness (QED) is 0.734. The maximum atomic E-state index is 13.1. The first-order chi connectivity index (χ1) is 11.2. The predicted octanol–water partition coefficient (Wildman–Crippen LogP) is 3.23. The summed E-state index contributed by atoms with van der Waals surface area (Å²) >= 11 is 0. The molecule has 0 fully saturated rings. The molecule has 5 heteroatoms. The van der Waals surface area contributed by atoms with E-state index >= 15 is 0 Å². The number of hydrogen-bond acceptors (Lipinski definition) is 4. The molecule has 0 unspecified atom stereocenters. The highest BCUT2D eigenvalue weighted by Crippen LogP contribution is 2.22. The summed E-state index contributed by atoms with van der Waals surface area (Å²) in [5, 5.41) is 13.4. The lowest BCUT2D eigenvalue weighted by Crippen LogP contribution is -2.28. The van der Waals surface area contributed by atoms with Crippen molar-refractivity contribution in [1.82, 2.24) is 10.3 Å². The first-order valence-electron chi connectivity index (χ1n) is 7.35. The molecule has 1 aromatic carbocycles. The normalized spacial score (nSPS) is 13.7. The molecule has 2 atom stereocenters. The van der Waals surface area contributed by atoms with E-state index < -0.39 is 6.10 Å². The Balaban J connectivity index is 1.79. The highest BCUT2D eigenvalue weighted by molar-refractivity contribution is 5.27. The van der Waals surface area contributed by atoms with Gasteiger partial charge < -0.3 is 14.8 Å². The molecule has 2 N–H and O–H groups in total. The van der Waals surface area contributed by atoms with E-state index in [9.17, 15) is 9.50 Å². The molecule has 23 heavy (non-hydrogen) atoms. The van der Waals surface area contributed by atoms with Gasteiger partial charge in [0, 0.05) is 6.54 Å². The van der Waals surface area contributed by atoms with Crippen LogP contribution in [0, 0.1) is 5.82 Å². The zero-order valence-electron chi connectivity index (χ0n) is 12.4. The third-order valence-electron chi connectivity index (χ3n) is 3.57. The lowest BCUT2D eigenvalue weighted by molar-refractivity contribution is 0.145. The molecule has 0 bridgehead atoms. The van der Waals surface area contributed by atoms with Crippen LogP contribution >= 0.6 is 0 Å². The van der Waals surface area contributed by atoms with Crippen LogP contribution in [0.3, 0.4) is 0 Å². The highest BCUT2D eigenvalue weighted by Gasteiger charge is 2.18. The lowest BCUT2D eigenvalue weighted by Gasteiger charge is -2.20. The third kappa shape index (κ3) is 3.83. The number of aromatic nitrogens is 1. The summed E-state index contributed by atoms with van der Waals surface area (Å²) in [4.78, 5) is 4.15. The molecule has 2 aromatic heterocycles. The van der Waals surface area contributed by atoms with E-state index in [1.807, 2.05) is 30.3 Å². The summed E-state index contributed by atoms with van der Waals surface area (Å²) in [7, 11) is 0. The van der Waals surface area contributed by atoms with Crippen molar-refractivity contribution >= 4 is 0 Å². The fraction of sp³-hybridized carbons (Fsp3) is 0.167. The molecule has 0 aliphatic carbocycles. The SMILES string of the molecule is O[C@H](CN[C@H](c1ccccc1)c1ccc(F)cn1)c1ccco1. The van der Waals surface area contributed by atoms with Crippen molar-refractivity contribution in [3.8, 4) is 0 Å². The summed E-state index contributed by atoms with van der Waals surface area (Å²) in [5.74, 6) is 0.118. The van der Waals surface area contributed by atoms with Crippen LogP contribution in [-0.4, -0.2) is 16.6 Å². The van der Waals surface area contributed by atoms with Crippen molar-refractivity contribution in [2.75, 3.05) is 6.54 Å². The Morgan fingerprint density at radius 3 is 2.57 bits per heavy atom. The Morgan fingerprint density at radius 1 is 1.09 bits per heavy atom. The minimum atomic E-state index is -0.767. The van der Waals surface area contributed by atoms with Gasteiger partial charge in [0.15, 0.2) is 0 Å². The smallest absolute Gasteiger partial charge is 0.141 e. The summed E-state index contributed by atoms with van der Waals surface area (Å²) in [5.41, 5.74) is 1.67. The van der Waals surface area contributed by atoms with Gasteiger partial charge in [-0.05, 0) is 29.8 Å². The lowest BCUT2D eigenvalue weighted by atomic mass is 10.0. The molecule has 0 aliphatic heterocycles. The molecule has 118 valence electrons. The van der Waals surface area contributed by atoms with E-state index in [1.54, 1.807) is 18.2 Å². The maximum absolute atomic E-state index is 13.1. The van der Waals surface area contributed by atoms with E-state index in [0.717, 1.165) is 5.56 Å². The Bertz CT molecular complexity index is 715. The van der Waals surface area contributed by atoms with E-state index in [-0.39, 0.29) is 18.4 Å². The van der Waals surface area contributed by atoms with Gasteiger partial charge in [-0.1, -0.05) is 30.3 Å². The van der Waals surface area contributed by atoms with E-state index in [2.05, 4.69) is 10.3 Å². The molecular weight excluding hydrogens is 295 g/mol. The second-order valence-electron chi connectivity index (χ2n) is 5.18. The zero-order chi connectivity index (χ0) is 16.1. The van der Waals surface area contributed by atoms with Crippen LogP contribution in [0.1, 0.15) is 29.2 Å². The number of rotatable bonds is 6. The number of benzene rings is 1. The van der Waals surface area contributed by atoms with Crippen LogP contribution in [0.25, 0.3) is 0 Å². The van der Waals surface area contributed by atoms with E-state index in [4.69, 9.17) is 4.42 Å². The number of aliphatic hydroxyl groups excluding tert-OH is 1. The van der Waals surface area contributed by atoms with Gasteiger partial charge in [0.25, 0.3) is 0 Å². The maximum Gasteiger partial charge on any atom is 0.141 e. The molecule has 0 amide bonds. The van der Waals surface area contributed by atoms with Crippen molar-refractivity contribution in [3.05, 3.63) is 89.9 Å². The second kappa shape index (κ2) is 7.17. The molecule has 2 heterocycles. The Hall–Kier alpha value is -2.50. The molecule has 0 radical (unpaired) electrons. The van der Waals surface area contributed by atoms with Crippen LogP contribution in [-0.2, 0) is 0 Å². The van der Waals surface area contributed by atoms with E-state index in [1.165, 1.54) is 18.5 Å². The standard InChI is InChI=1S/C18H17FN2O2/c19-14-8-9-15(20-11-14)18(13-5-2-1-3-6-13)21-12-16(22)17-7-4-10-23-17/h1-11,16,18,21-22H,12H2/t16-,18-/m1/s1. The van der Waals surface area contributed by atoms with Crippen molar-refractivity contribution in [2.24, 2.45) is 0 Å². The number of hydrogen-bond donors (Lipinski definition) is 2. The largest absolute Gasteiger partial charge is 0.467 e. The third-order valence-corrected chi connectivity index (χ3v) is 3.57. The minimum Gasteiger partial charge on any atom is -0.467 e. The first kappa shape index (κ1) is 15.4. The average molecular weight is 312 g/mol. The van der Waals surface area contributed by atoms with Gasteiger partial charge in [-0.15, -0.1) is 0 Å². The fourth-order valence-electron chi connectivity index (χ4n) is 2.41. The molecule has 3 rings (SSSR count). The highest BCUT2D eigenvalue weighted by atomic mass is 19.1. The van der Waals surface area contributed by atoms with Gasteiger partial charge >= 0.3 is 0 Å². The van der Waals surface area contributed by atoms with Crippen LogP contribution in [0.4, 0.5) is 4.39 Å². The molecule has 0 spiro atoms. The minimum absolute atomic E-state index is 0.249. The van der Waals surface area contributed by atoms with Gasteiger partial charge in [0.05, 0.1) is 24.2 Å². The summed E-state index contributed by atoms with van der Waals surface area (Å²) < 4.78 is 18.3. The number of aliphatic hydroxyl groups is 1. The second-order valence-corrected chi connectivity index (χ2v) is 5.18. The molecule has 0 saturated carbocycles. The molecular formula is C18H17FN2O2. The number of pyridine rings is 1. The van der Waals surface area contributed by atoms with Gasteiger partial charge in [0.2, 0.25) is 0 Å². The van der Waals surface area contributed by atoms with Crippen LogP contribution in [0.5, 0.6) is 0 Å². The molecule has 0 saturated heterocycles. The summed E-state index contributed by atoms with van der Waals surface area (Å²) in [6.45, 7) is 0.284. The molecule has 0 aliphatic rings. The van der Waals surface area contributed by atoms with Crippen LogP contribution in [0.2, 0.25) is 0 Å². The van der Waals surface area contributed by atoms with E-state index in [0.29, 0.717) is 11.5 Å². The van der Waals surface area contributed by atoms with Crippen LogP contribution < -0.4 is 5.32 Å². The monoisotopic (exact) mass is 312 g/mol. The van der Waals surface area contributed by atoms with Gasteiger partial charge in [-0.25, -0.2) is 4.39 Å². The first-order valence-corrected chi connectivity index (χ1v) is 7.35. The number of nitrogens with one attached hydrogen (secondary N) is 1. The topological polar surface area (TPSA) is 58.3 Å². The van der Waals surface area contributed by atoms with Gasteiger partial charge in [0.1, 0.15) is 17.7 Å². The predicted molar refractivity (Wildman–Crippen MR) is 84.2 cm³/mol. The summed E-state index contributed by atoms with van der Waals surface area (Å²) in [6, 6.07) is 15.9. The Kier molecular flexibility index (Phi) is 4.80. The zero-order valence-corrected chi connectivity index (χ0v) is 12.4.